The summed E-state index contributed by atoms with van der Waals surface area (Å²) in [6.45, 7) is 6.51. The number of carbonyl (C=O) groups excluding carboxylic acids is 2. The van der Waals surface area contributed by atoms with Crippen molar-refractivity contribution in [3.8, 4) is 0 Å². The van der Waals surface area contributed by atoms with Gasteiger partial charge >= 0.3 is 0 Å². The van der Waals surface area contributed by atoms with Crippen molar-refractivity contribution in [3.05, 3.63) is 0 Å². The molecule has 118 valence electrons. The second-order valence-electron chi connectivity index (χ2n) is 7.11. The Labute approximate surface area is 125 Å². The van der Waals surface area contributed by atoms with Crippen LogP contribution < -0.4 is 0 Å². The van der Waals surface area contributed by atoms with Gasteiger partial charge in [-0.05, 0) is 38.5 Å². The smallest absolute Gasteiger partial charge is 0.177 e. The van der Waals surface area contributed by atoms with E-state index in [4.69, 9.17) is 9.47 Å². The molecule has 1 saturated heterocycles. The molecule has 4 fully saturated rings. The average molecular weight is 296 g/mol. The van der Waals surface area contributed by atoms with E-state index in [1.807, 2.05) is 6.92 Å². The van der Waals surface area contributed by atoms with E-state index >= 15 is 0 Å². The van der Waals surface area contributed by atoms with Crippen molar-refractivity contribution in [2.45, 2.75) is 51.9 Å². The number of hydrogen-bond acceptors (Lipinski definition) is 5. The normalized spacial score (nSPS) is 47.3. The van der Waals surface area contributed by atoms with Crippen molar-refractivity contribution >= 4 is 11.6 Å². The van der Waals surface area contributed by atoms with E-state index < -0.39 is 11.0 Å². The van der Waals surface area contributed by atoms with Crippen LogP contribution in [-0.2, 0) is 19.1 Å². The molecule has 5 atom stereocenters. The summed E-state index contributed by atoms with van der Waals surface area (Å²) >= 11 is 0. The minimum absolute atomic E-state index is 0.0128. The Bertz CT molecular complexity index is 465. The summed E-state index contributed by atoms with van der Waals surface area (Å²) in [7, 11) is 0. The molecule has 3 saturated carbocycles. The minimum atomic E-state index is -1.39. The Morgan fingerprint density at radius 3 is 2.43 bits per heavy atom. The fraction of sp³-hybridized carbons (Fsp3) is 0.875. The van der Waals surface area contributed by atoms with Crippen molar-refractivity contribution in [1.29, 1.82) is 0 Å². The Kier molecular flexibility index (Phi) is 3.50. The summed E-state index contributed by atoms with van der Waals surface area (Å²) < 4.78 is 10.9. The van der Waals surface area contributed by atoms with Gasteiger partial charge in [0.2, 0.25) is 0 Å². The number of aliphatic hydroxyl groups is 1. The van der Waals surface area contributed by atoms with Gasteiger partial charge in [0.25, 0.3) is 0 Å². The molecule has 3 aliphatic carbocycles. The minimum Gasteiger partial charge on any atom is -0.382 e. The second-order valence-corrected chi connectivity index (χ2v) is 7.11. The lowest BCUT2D eigenvalue weighted by Crippen LogP contribution is -2.69. The molecule has 4 rings (SSSR count). The standard InChI is InChI=1S/C16H24O5/c1-9-10(4-5-13-20-6-7-21-13)11-8-12(17)15(9,2)14(18)16(11,3)19/h9-11,13,19H,4-8H2,1-3H3/t9-,10-,11-,15-,16+/m1/s1. The van der Waals surface area contributed by atoms with Crippen molar-refractivity contribution in [2.24, 2.45) is 23.2 Å². The maximum atomic E-state index is 12.5. The van der Waals surface area contributed by atoms with Gasteiger partial charge in [-0.3, -0.25) is 9.59 Å². The van der Waals surface area contributed by atoms with E-state index in [-0.39, 0.29) is 35.6 Å². The molecule has 1 aliphatic heterocycles. The molecule has 5 nitrogen and oxygen atoms in total. The van der Waals surface area contributed by atoms with Crippen LogP contribution in [0.15, 0.2) is 0 Å². The first kappa shape index (κ1) is 15.1. The Hall–Kier alpha value is -0.780. The molecule has 0 radical (unpaired) electrons. The summed E-state index contributed by atoms with van der Waals surface area (Å²) in [5.74, 6) is -0.490. The second kappa shape index (κ2) is 4.86. The van der Waals surface area contributed by atoms with Crippen LogP contribution in [0.5, 0.6) is 0 Å². The first-order chi connectivity index (χ1) is 9.79. The average Bonchev–Trinajstić information content (AvgIpc) is 2.94. The third-order valence-electron chi connectivity index (χ3n) is 6.13. The predicted molar refractivity (Wildman–Crippen MR) is 74.4 cm³/mol. The first-order valence-corrected chi connectivity index (χ1v) is 7.83. The topological polar surface area (TPSA) is 72.8 Å². The zero-order chi connectivity index (χ0) is 15.4. The summed E-state index contributed by atoms with van der Waals surface area (Å²) in [6, 6.07) is 0. The number of ether oxygens (including phenoxy) is 2. The van der Waals surface area contributed by atoms with Crippen molar-refractivity contribution in [3.63, 3.8) is 0 Å². The van der Waals surface area contributed by atoms with Crippen LogP contribution in [-0.4, -0.2) is 41.8 Å². The molecule has 21 heavy (non-hydrogen) atoms. The molecular weight excluding hydrogens is 272 g/mol. The zero-order valence-corrected chi connectivity index (χ0v) is 12.9. The lowest BCUT2D eigenvalue weighted by molar-refractivity contribution is -0.192. The predicted octanol–water partition coefficient (Wildman–Crippen LogP) is 1.32. The van der Waals surface area contributed by atoms with Crippen LogP contribution in [0.25, 0.3) is 0 Å². The number of Topliss-reactive ketones (excluding diaryl/α,β-unsaturated/α-hetero) is 2. The molecule has 2 bridgehead atoms. The number of rotatable bonds is 3. The van der Waals surface area contributed by atoms with Crippen LogP contribution in [0, 0.1) is 23.2 Å². The molecular formula is C16H24O5. The summed E-state index contributed by atoms with van der Waals surface area (Å²) in [5.41, 5.74) is -2.43. The summed E-state index contributed by atoms with van der Waals surface area (Å²) in [5, 5.41) is 10.6. The third-order valence-corrected chi connectivity index (χ3v) is 6.13. The molecule has 0 amide bonds. The zero-order valence-electron chi connectivity index (χ0n) is 12.9. The fourth-order valence-corrected chi connectivity index (χ4v) is 4.59. The SMILES string of the molecule is C[C@@H]1[C@@H](CCC2OCCO2)[C@H]2CC(=O)[C@]1(C)C(=O)[C@@]2(C)O. The maximum absolute atomic E-state index is 12.5. The van der Waals surface area contributed by atoms with Gasteiger partial charge in [-0.1, -0.05) is 6.92 Å². The largest absolute Gasteiger partial charge is 0.382 e. The van der Waals surface area contributed by atoms with Gasteiger partial charge in [-0.2, -0.15) is 0 Å². The van der Waals surface area contributed by atoms with Gasteiger partial charge in [0, 0.05) is 12.3 Å². The van der Waals surface area contributed by atoms with Crippen LogP contribution >= 0.6 is 0 Å². The Morgan fingerprint density at radius 1 is 1.19 bits per heavy atom. The molecule has 1 heterocycles. The highest BCUT2D eigenvalue weighted by Gasteiger charge is 2.67. The molecule has 0 aromatic rings. The summed E-state index contributed by atoms with van der Waals surface area (Å²) in [4.78, 5) is 24.8. The van der Waals surface area contributed by atoms with Gasteiger partial charge in [-0.15, -0.1) is 0 Å². The Balaban J connectivity index is 1.81. The van der Waals surface area contributed by atoms with Crippen molar-refractivity contribution < 1.29 is 24.2 Å². The third kappa shape index (κ3) is 2.01. The maximum Gasteiger partial charge on any atom is 0.177 e. The lowest BCUT2D eigenvalue weighted by Gasteiger charge is -2.57. The molecule has 0 spiro atoms. The van der Waals surface area contributed by atoms with Crippen molar-refractivity contribution in [1.82, 2.24) is 0 Å². The number of fused-ring (bicyclic) bond motifs is 3. The van der Waals surface area contributed by atoms with E-state index in [1.54, 1.807) is 13.8 Å². The van der Waals surface area contributed by atoms with Crippen LogP contribution in [0.3, 0.4) is 0 Å². The molecule has 0 aromatic heterocycles. The molecule has 0 aromatic carbocycles. The van der Waals surface area contributed by atoms with E-state index in [1.165, 1.54) is 0 Å². The molecule has 0 unspecified atom stereocenters. The van der Waals surface area contributed by atoms with E-state index in [2.05, 4.69) is 0 Å². The molecule has 1 N–H and O–H groups in total. The van der Waals surface area contributed by atoms with Gasteiger partial charge < -0.3 is 14.6 Å². The first-order valence-electron chi connectivity index (χ1n) is 7.83. The van der Waals surface area contributed by atoms with E-state index in [0.29, 0.717) is 19.6 Å². The van der Waals surface area contributed by atoms with Gasteiger partial charge in [0.05, 0.1) is 18.6 Å². The quantitative estimate of drug-likeness (QED) is 0.795. The van der Waals surface area contributed by atoms with Gasteiger partial charge in [-0.25, -0.2) is 0 Å². The van der Waals surface area contributed by atoms with Crippen LogP contribution in [0.2, 0.25) is 0 Å². The van der Waals surface area contributed by atoms with E-state index in [0.717, 1.165) is 12.8 Å². The van der Waals surface area contributed by atoms with Crippen molar-refractivity contribution in [2.75, 3.05) is 13.2 Å². The lowest BCUT2D eigenvalue weighted by atomic mass is 9.45. The highest BCUT2D eigenvalue weighted by Crippen LogP contribution is 2.57. The van der Waals surface area contributed by atoms with Crippen LogP contribution in [0.1, 0.15) is 40.0 Å². The van der Waals surface area contributed by atoms with Gasteiger partial charge in [0.1, 0.15) is 11.4 Å². The molecule has 5 heteroatoms. The number of hydrogen-bond donors (Lipinski definition) is 1. The fourth-order valence-electron chi connectivity index (χ4n) is 4.59. The number of carbonyl (C=O) groups is 2. The highest BCUT2D eigenvalue weighted by molar-refractivity contribution is 6.13. The number of ketones is 2. The monoisotopic (exact) mass is 296 g/mol. The van der Waals surface area contributed by atoms with Crippen LogP contribution in [0.4, 0.5) is 0 Å². The Morgan fingerprint density at radius 2 is 1.81 bits per heavy atom. The van der Waals surface area contributed by atoms with E-state index in [9.17, 15) is 14.7 Å². The summed E-state index contributed by atoms with van der Waals surface area (Å²) in [6.07, 6.45) is 1.68. The van der Waals surface area contributed by atoms with Gasteiger partial charge in [0.15, 0.2) is 12.1 Å². The molecule has 4 aliphatic rings. The highest BCUT2D eigenvalue weighted by atomic mass is 16.7.